The van der Waals surface area contributed by atoms with Crippen LogP contribution in [-0.4, -0.2) is 19.3 Å². The minimum absolute atomic E-state index is 0.330. The van der Waals surface area contributed by atoms with Crippen LogP contribution in [-0.2, 0) is 11.2 Å². The average molecular weight is 316 g/mol. The van der Waals surface area contributed by atoms with Crippen LogP contribution in [0.2, 0.25) is 0 Å². The standard InChI is InChI=1S/C21H32O2/c1-2-3-4-5-6-7-8-9-10-11-14-19-15-12-13-16-21(19)23-18-20-17-22-20/h2-3,12-13,15-16,20H,4-11,14,17-18H2,1H3/b3-2+. The highest BCUT2D eigenvalue weighted by Crippen LogP contribution is 2.22. The first-order chi connectivity index (χ1) is 11.4. The van der Waals surface area contributed by atoms with Gasteiger partial charge >= 0.3 is 0 Å². The first-order valence-electron chi connectivity index (χ1n) is 9.33. The third kappa shape index (κ3) is 8.22. The van der Waals surface area contributed by atoms with E-state index in [4.69, 9.17) is 9.47 Å². The molecule has 1 aromatic carbocycles. The zero-order chi connectivity index (χ0) is 16.2. The summed E-state index contributed by atoms with van der Waals surface area (Å²) >= 11 is 0. The minimum Gasteiger partial charge on any atom is -0.491 e. The zero-order valence-electron chi connectivity index (χ0n) is 14.6. The number of aryl methyl sites for hydroxylation is 1. The topological polar surface area (TPSA) is 21.8 Å². The zero-order valence-corrected chi connectivity index (χ0v) is 14.6. The van der Waals surface area contributed by atoms with Crippen molar-refractivity contribution in [2.75, 3.05) is 13.2 Å². The van der Waals surface area contributed by atoms with Gasteiger partial charge in [0.25, 0.3) is 0 Å². The third-order valence-corrected chi connectivity index (χ3v) is 4.35. The van der Waals surface area contributed by atoms with E-state index in [9.17, 15) is 0 Å². The van der Waals surface area contributed by atoms with Gasteiger partial charge in [0.05, 0.1) is 6.61 Å². The van der Waals surface area contributed by atoms with Gasteiger partial charge in [-0.2, -0.15) is 0 Å². The molecular formula is C21H32O2. The number of epoxide rings is 1. The van der Waals surface area contributed by atoms with E-state index in [1.54, 1.807) is 0 Å². The lowest BCUT2D eigenvalue weighted by Crippen LogP contribution is -2.05. The largest absolute Gasteiger partial charge is 0.491 e. The fourth-order valence-corrected chi connectivity index (χ4v) is 2.83. The van der Waals surface area contributed by atoms with E-state index in [1.165, 1.54) is 56.9 Å². The Labute approximate surface area is 141 Å². The predicted molar refractivity (Wildman–Crippen MR) is 97.1 cm³/mol. The van der Waals surface area contributed by atoms with E-state index in [1.807, 2.05) is 0 Å². The molecule has 128 valence electrons. The van der Waals surface area contributed by atoms with Gasteiger partial charge in [-0.3, -0.25) is 0 Å². The molecule has 0 spiro atoms. The van der Waals surface area contributed by atoms with E-state index >= 15 is 0 Å². The number of rotatable bonds is 13. The summed E-state index contributed by atoms with van der Waals surface area (Å²) in [6.07, 6.45) is 16.6. The molecule has 1 heterocycles. The highest BCUT2D eigenvalue weighted by molar-refractivity contribution is 5.33. The Morgan fingerprint density at radius 2 is 1.74 bits per heavy atom. The molecule has 2 nitrogen and oxygen atoms in total. The van der Waals surface area contributed by atoms with E-state index in [0.717, 1.165) is 18.8 Å². The summed E-state index contributed by atoms with van der Waals surface area (Å²) in [5.41, 5.74) is 1.35. The van der Waals surface area contributed by atoms with Crippen LogP contribution in [0, 0.1) is 0 Å². The molecule has 0 saturated carbocycles. The first-order valence-corrected chi connectivity index (χ1v) is 9.33. The van der Waals surface area contributed by atoms with Crippen LogP contribution in [0.25, 0.3) is 0 Å². The SMILES string of the molecule is C/C=C/CCCCCCCCCc1ccccc1OCC1CO1. The normalized spacial score (nSPS) is 16.8. The number of allylic oxidation sites excluding steroid dienone is 2. The van der Waals surface area contributed by atoms with Crippen LogP contribution >= 0.6 is 0 Å². The molecule has 1 unspecified atom stereocenters. The van der Waals surface area contributed by atoms with Crippen LogP contribution < -0.4 is 4.74 Å². The van der Waals surface area contributed by atoms with Gasteiger partial charge in [-0.15, -0.1) is 0 Å². The molecule has 1 saturated heterocycles. The van der Waals surface area contributed by atoms with E-state index < -0.39 is 0 Å². The monoisotopic (exact) mass is 316 g/mol. The van der Waals surface area contributed by atoms with Crippen LogP contribution in [0.15, 0.2) is 36.4 Å². The Balaban J connectivity index is 1.52. The molecule has 2 heteroatoms. The highest BCUT2D eigenvalue weighted by Gasteiger charge is 2.23. The second-order valence-corrected chi connectivity index (χ2v) is 6.46. The number of benzene rings is 1. The molecule has 0 amide bonds. The van der Waals surface area contributed by atoms with Crippen molar-refractivity contribution in [2.45, 2.75) is 70.8 Å². The van der Waals surface area contributed by atoms with Gasteiger partial charge in [0, 0.05) is 0 Å². The van der Waals surface area contributed by atoms with Gasteiger partial charge in [0.2, 0.25) is 0 Å². The van der Waals surface area contributed by atoms with Crippen molar-refractivity contribution in [3.63, 3.8) is 0 Å². The second-order valence-electron chi connectivity index (χ2n) is 6.46. The van der Waals surface area contributed by atoms with Crippen LogP contribution in [0.5, 0.6) is 5.75 Å². The summed E-state index contributed by atoms with van der Waals surface area (Å²) in [5, 5.41) is 0. The summed E-state index contributed by atoms with van der Waals surface area (Å²) < 4.78 is 11.1. The van der Waals surface area contributed by atoms with E-state index in [-0.39, 0.29) is 0 Å². The van der Waals surface area contributed by atoms with Crippen molar-refractivity contribution in [2.24, 2.45) is 0 Å². The maximum atomic E-state index is 5.87. The minimum atomic E-state index is 0.330. The van der Waals surface area contributed by atoms with Crippen LogP contribution in [0.1, 0.15) is 63.9 Å². The maximum Gasteiger partial charge on any atom is 0.122 e. The Kier molecular flexibility index (Phi) is 8.86. The molecular weight excluding hydrogens is 284 g/mol. The quantitative estimate of drug-likeness (QED) is 0.264. The number of hydrogen-bond acceptors (Lipinski definition) is 2. The summed E-state index contributed by atoms with van der Waals surface area (Å²) in [4.78, 5) is 0. The highest BCUT2D eigenvalue weighted by atomic mass is 16.6. The molecule has 1 atom stereocenters. The van der Waals surface area contributed by atoms with Crippen molar-refractivity contribution < 1.29 is 9.47 Å². The molecule has 0 bridgehead atoms. The van der Waals surface area contributed by atoms with Crippen LogP contribution in [0.4, 0.5) is 0 Å². The summed E-state index contributed by atoms with van der Waals surface area (Å²) in [7, 11) is 0. The predicted octanol–water partition coefficient (Wildman–Crippen LogP) is 5.70. The van der Waals surface area contributed by atoms with Gasteiger partial charge in [-0.25, -0.2) is 0 Å². The Morgan fingerprint density at radius 1 is 1.04 bits per heavy atom. The number of hydrogen-bond donors (Lipinski definition) is 0. The smallest absolute Gasteiger partial charge is 0.122 e. The van der Waals surface area contributed by atoms with Crippen molar-refractivity contribution in [3.05, 3.63) is 42.0 Å². The number of para-hydroxylation sites is 1. The summed E-state index contributed by atoms with van der Waals surface area (Å²) in [5.74, 6) is 1.05. The Bertz CT molecular complexity index is 449. The number of ether oxygens (including phenoxy) is 2. The second kappa shape index (κ2) is 11.3. The molecule has 0 N–H and O–H groups in total. The lowest BCUT2D eigenvalue weighted by atomic mass is 10.0. The Morgan fingerprint density at radius 3 is 2.48 bits per heavy atom. The van der Waals surface area contributed by atoms with Crippen LogP contribution in [0.3, 0.4) is 0 Å². The lowest BCUT2D eigenvalue weighted by molar-refractivity contribution is 0.261. The molecule has 1 aliphatic heterocycles. The molecule has 1 fully saturated rings. The van der Waals surface area contributed by atoms with Crippen molar-refractivity contribution in [1.29, 1.82) is 0 Å². The fraction of sp³-hybridized carbons (Fsp3) is 0.619. The van der Waals surface area contributed by atoms with Gasteiger partial charge in [0.15, 0.2) is 0 Å². The van der Waals surface area contributed by atoms with Crippen molar-refractivity contribution in [1.82, 2.24) is 0 Å². The van der Waals surface area contributed by atoms with Crippen molar-refractivity contribution >= 4 is 0 Å². The van der Waals surface area contributed by atoms with E-state index in [2.05, 4.69) is 43.3 Å². The molecule has 23 heavy (non-hydrogen) atoms. The summed E-state index contributed by atoms with van der Waals surface area (Å²) in [6.45, 7) is 3.66. The molecule has 1 aromatic rings. The lowest BCUT2D eigenvalue weighted by Gasteiger charge is -2.10. The van der Waals surface area contributed by atoms with Gasteiger partial charge in [-0.05, 0) is 44.2 Å². The molecule has 0 aromatic heterocycles. The van der Waals surface area contributed by atoms with Gasteiger partial charge in [0.1, 0.15) is 18.5 Å². The average Bonchev–Trinajstić information content (AvgIpc) is 3.40. The summed E-state index contributed by atoms with van der Waals surface area (Å²) in [6, 6.07) is 8.45. The van der Waals surface area contributed by atoms with E-state index in [0.29, 0.717) is 12.7 Å². The molecule has 0 aliphatic carbocycles. The van der Waals surface area contributed by atoms with Gasteiger partial charge < -0.3 is 9.47 Å². The van der Waals surface area contributed by atoms with Crippen molar-refractivity contribution in [3.8, 4) is 5.75 Å². The maximum absolute atomic E-state index is 5.87. The third-order valence-electron chi connectivity index (χ3n) is 4.35. The Hall–Kier alpha value is -1.28. The number of unbranched alkanes of at least 4 members (excludes halogenated alkanes) is 7. The molecule has 1 aliphatic rings. The molecule has 0 radical (unpaired) electrons. The first kappa shape index (κ1) is 18.1. The fourth-order valence-electron chi connectivity index (χ4n) is 2.83. The molecule has 2 rings (SSSR count). The van der Waals surface area contributed by atoms with Gasteiger partial charge in [-0.1, -0.05) is 62.5 Å².